The summed E-state index contributed by atoms with van der Waals surface area (Å²) in [6.45, 7) is 7.79. The molecule has 130 valence electrons. The second kappa shape index (κ2) is 6.19. The molecule has 4 heteroatoms. The highest BCUT2D eigenvalue weighted by Crippen LogP contribution is 2.38. The van der Waals surface area contributed by atoms with Crippen molar-refractivity contribution < 1.29 is 9.68 Å². The van der Waals surface area contributed by atoms with E-state index in [9.17, 15) is 5.11 Å². The van der Waals surface area contributed by atoms with Gasteiger partial charge >= 0.3 is 5.17 Å². The van der Waals surface area contributed by atoms with Gasteiger partial charge in [-0.1, -0.05) is 35.9 Å². The third-order valence-corrected chi connectivity index (χ3v) is 6.36. The van der Waals surface area contributed by atoms with Crippen LogP contribution in [0.15, 0.2) is 42.5 Å². The Hall–Kier alpha value is -1.78. The molecule has 0 amide bonds. The Morgan fingerprint density at radius 3 is 2.64 bits per heavy atom. The van der Waals surface area contributed by atoms with Crippen LogP contribution in [0.25, 0.3) is 0 Å². The predicted molar refractivity (Wildman–Crippen MR) is 106 cm³/mol. The van der Waals surface area contributed by atoms with Gasteiger partial charge in [0, 0.05) is 11.3 Å². The zero-order valence-corrected chi connectivity index (χ0v) is 15.9. The monoisotopic (exact) mass is 353 g/mol. The second-order valence-electron chi connectivity index (χ2n) is 7.20. The van der Waals surface area contributed by atoms with Crippen LogP contribution in [0.4, 0.5) is 5.69 Å². The molecule has 3 nitrogen and oxygen atoms in total. The summed E-state index contributed by atoms with van der Waals surface area (Å²) in [5.41, 5.74) is 4.85. The van der Waals surface area contributed by atoms with Gasteiger partial charge in [-0.3, -0.25) is 0 Å². The van der Waals surface area contributed by atoms with Crippen molar-refractivity contribution >= 4 is 22.6 Å². The molecule has 0 spiro atoms. The Labute approximate surface area is 154 Å². The standard InChI is InChI=1S/C21H25N2OS/c1-15-6-4-7-18(13-15)22-14-21(24,23-10-5-11-25-20(22)23)19-9-8-16(2)12-17(19)3/h4,6-9,12-13,24H,5,10-11,14H2,1-3H3/q+1. The third-order valence-electron chi connectivity index (χ3n) is 5.17. The highest BCUT2D eigenvalue weighted by molar-refractivity contribution is 8.13. The summed E-state index contributed by atoms with van der Waals surface area (Å²) in [5.74, 6) is 1.11. The van der Waals surface area contributed by atoms with Crippen molar-refractivity contribution in [3.8, 4) is 0 Å². The first-order chi connectivity index (χ1) is 12.0. The first-order valence-electron chi connectivity index (χ1n) is 8.91. The van der Waals surface area contributed by atoms with Gasteiger partial charge in [0.25, 0.3) is 5.72 Å². The number of benzene rings is 2. The lowest BCUT2D eigenvalue weighted by atomic mass is 9.95. The number of hydrogen-bond donors (Lipinski definition) is 1. The number of rotatable bonds is 2. The molecule has 2 aliphatic heterocycles. The minimum atomic E-state index is -0.968. The maximum absolute atomic E-state index is 11.8. The van der Waals surface area contributed by atoms with E-state index in [0.717, 1.165) is 35.5 Å². The highest BCUT2D eigenvalue weighted by Gasteiger charge is 2.53. The van der Waals surface area contributed by atoms with Crippen molar-refractivity contribution in [1.82, 2.24) is 0 Å². The van der Waals surface area contributed by atoms with E-state index in [1.54, 1.807) is 0 Å². The van der Waals surface area contributed by atoms with Gasteiger partial charge in [-0.05, 0) is 62.2 Å². The topological polar surface area (TPSA) is 26.5 Å². The summed E-state index contributed by atoms with van der Waals surface area (Å²) in [6, 6.07) is 14.9. The van der Waals surface area contributed by atoms with E-state index in [1.807, 2.05) is 11.8 Å². The first kappa shape index (κ1) is 16.7. The van der Waals surface area contributed by atoms with Crippen molar-refractivity contribution in [2.75, 3.05) is 23.7 Å². The molecule has 25 heavy (non-hydrogen) atoms. The molecule has 4 rings (SSSR count). The Morgan fingerprint density at radius 1 is 1.08 bits per heavy atom. The molecule has 0 bridgehead atoms. The lowest BCUT2D eigenvalue weighted by Crippen LogP contribution is -2.42. The molecule has 1 atom stereocenters. The summed E-state index contributed by atoms with van der Waals surface area (Å²) < 4.78 is 2.21. The van der Waals surface area contributed by atoms with Crippen LogP contribution in [0.5, 0.6) is 0 Å². The smallest absolute Gasteiger partial charge is 0.316 e. The summed E-state index contributed by atoms with van der Waals surface area (Å²) in [6.07, 6.45) is 1.10. The van der Waals surface area contributed by atoms with E-state index < -0.39 is 5.72 Å². The average Bonchev–Trinajstić information content (AvgIpc) is 2.89. The van der Waals surface area contributed by atoms with Gasteiger partial charge in [0.1, 0.15) is 5.69 Å². The Bertz CT molecular complexity index is 861. The number of nitrogens with zero attached hydrogens (tertiary/aromatic N) is 2. The van der Waals surface area contributed by atoms with Gasteiger partial charge in [-0.2, -0.15) is 0 Å². The van der Waals surface area contributed by atoms with E-state index in [1.165, 1.54) is 16.3 Å². The molecule has 1 N–H and O–H groups in total. The van der Waals surface area contributed by atoms with Crippen molar-refractivity contribution in [3.05, 3.63) is 64.7 Å². The quantitative estimate of drug-likeness (QED) is 0.832. The number of amidine groups is 1. The number of hydrogen-bond acceptors (Lipinski definition) is 3. The molecule has 0 aliphatic carbocycles. The second-order valence-corrected chi connectivity index (χ2v) is 8.26. The molecule has 0 aromatic heterocycles. The first-order valence-corrected chi connectivity index (χ1v) is 9.89. The number of aryl methyl sites for hydroxylation is 3. The lowest BCUT2D eigenvalue weighted by molar-refractivity contribution is -0.656. The van der Waals surface area contributed by atoms with Gasteiger partial charge in [0.05, 0.1) is 6.54 Å². The summed E-state index contributed by atoms with van der Waals surface area (Å²) in [5, 5.41) is 13.0. The fourth-order valence-corrected chi connectivity index (χ4v) is 5.17. The largest absolute Gasteiger partial charge is 0.346 e. The predicted octanol–water partition coefficient (Wildman–Crippen LogP) is 3.78. The zero-order valence-electron chi connectivity index (χ0n) is 15.1. The normalized spacial score (nSPS) is 23.1. The molecule has 1 unspecified atom stereocenters. The Balaban J connectivity index is 1.83. The maximum atomic E-state index is 11.8. The van der Waals surface area contributed by atoms with Gasteiger partial charge in [-0.25, -0.2) is 9.48 Å². The van der Waals surface area contributed by atoms with E-state index >= 15 is 0 Å². The van der Waals surface area contributed by atoms with Crippen LogP contribution in [0, 0.1) is 20.8 Å². The highest BCUT2D eigenvalue weighted by atomic mass is 32.2. The Kier molecular flexibility index (Phi) is 4.13. The molecular weight excluding hydrogens is 328 g/mol. The maximum Gasteiger partial charge on any atom is 0.316 e. The minimum Gasteiger partial charge on any atom is -0.346 e. The number of thioether (sulfide) groups is 1. The zero-order chi connectivity index (χ0) is 17.6. The van der Waals surface area contributed by atoms with Gasteiger partial charge in [0.15, 0.2) is 6.54 Å². The average molecular weight is 354 g/mol. The third kappa shape index (κ3) is 2.77. The van der Waals surface area contributed by atoms with E-state index in [0.29, 0.717) is 6.54 Å². The van der Waals surface area contributed by atoms with E-state index in [-0.39, 0.29) is 0 Å². The molecule has 0 saturated carbocycles. The molecule has 2 aromatic carbocycles. The molecule has 2 aliphatic rings. The number of β-amino-alcohol motifs (C(OH)–C–C–N with tert-alkyl or cyclic N) is 1. The number of anilines is 1. The van der Waals surface area contributed by atoms with Crippen molar-refractivity contribution in [3.63, 3.8) is 0 Å². The van der Waals surface area contributed by atoms with Crippen LogP contribution in [0.1, 0.15) is 28.7 Å². The van der Waals surface area contributed by atoms with E-state index in [2.05, 4.69) is 72.7 Å². The van der Waals surface area contributed by atoms with Crippen LogP contribution >= 0.6 is 11.8 Å². The van der Waals surface area contributed by atoms with Crippen molar-refractivity contribution in [1.29, 1.82) is 0 Å². The molecule has 2 heterocycles. The fraction of sp³-hybridized carbons (Fsp3) is 0.381. The Morgan fingerprint density at radius 2 is 1.88 bits per heavy atom. The minimum absolute atomic E-state index is 0.572. The molecular formula is C21H25N2OS+. The summed E-state index contributed by atoms with van der Waals surface area (Å²) >= 11 is 1.86. The van der Waals surface area contributed by atoms with Gasteiger partial charge in [-0.15, -0.1) is 0 Å². The number of aliphatic hydroxyl groups is 1. The lowest BCUT2D eigenvalue weighted by Gasteiger charge is -2.26. The summed E-state index contributed by atoms with van der Waals surface area (Å²) in [7, 11) is 0. The SMILES string of the molecule is Cc1cccc(N2CC(O)(c3ccc(C)cc3C)[N+]3=C2SCCC3)c1. The van der Waals surface area contributed by atoms with Crippen molar-refractivity contribution in [2.24, 2.45) is 0 Å². The molecule has 0 radical (unpaired) electrons. The molecule has 2 aromatic rings. The van der Waals surface area contributed by atoms with Crippen molar-refractivity contribution in [2.45, 2.75) is 32.9 Å². The van der Waals surface area contributed by atoms with Crippen LogP contribution in [-0.2, 0) is 5.72 Å². The molecule has 0 saturated heterocycles. The van der Waals surface area contributed by atoms with Crippen LogP contribution in [0.2, 0.25) is 0 Å². The fourth-order valence-electron chi connectivity index (χ4n) is 3.99. The summed E-state index contributed by atoms with van der Waals surface area (Å²) in [4.78, 5) is 2.29. The van der Waals surface area contributed by atoms with Gasteiger partial charge in [0.2, 0.25) is 0 Å². The van der Waals surface area contributed by atoms with E-state index in [4.69, 9.17) is 0 Å². The van der Waals surface area contributed by atoms with Crippen LogP contribution in [0.3, 0.4) is 0 Å². The van der Waals surface area contributed by atoms with Crippen LogP contribution < -0.4 is 4.90 Å². The molecule has 0 fully saturated rings. The van der Waals surface area contributed by atoms with Crippen LogP contribution in [-0.4, -0.2) is 33.7 Å². The van der Waals surface area contributed by atoms with Gasteiger partial charge < -0.3 is 5.11 Å².